The molecule has 0 bridgehead atoms. The summed E-state index contributed by atoms with van der Waals surface area (Å²) in [7, 11) is -1.43. The molecule has 1 rings (SSSR count). The van der Waals surface area contributed by atoms with Gasteiger partial charge in [0.05, 0.1) is 25.3 Å². The number of hydrogen-bond acceptors (Lipinski definition) is 12. The lowest BCUT2D eigenvalue weighted by Gasteiger charge is -2.24. The molecule has 16 heteroatoms. The molecule has 268 valence electrons. The zero-order valence-corrected chi connectivity index (χ0v) is 32.0. The lowest BCUT2D eigenvalue weighted by molar-refractivity contribution is -0.156. The molecule has 1 aromatic rings. The topological polar surface area (TPSA) is 179 Å². The van der Waals surface area contributed by atoms with Crippen molar-refractivity contribution in [1.29, 1.82) is 0 Å². The maximum absolute atomic E-state index is 13.3. The number of carbonyl (C=O) groups is 6. The number of rotatable bonds is 18. The Bertz CT molecular complexity index is 1330. The quantitative estimate of drug-likeness (QED) is 0.0465. The average molecular weight is 727 g/mol. The van der Waals surface area contributed by atoms with Crippen molar-refractivity contribution in [1.82, 2.24) is 20.9 Å². The number of carbonyl (C=O) groups excluding carboxylic acids is 6. The number of alkyl carbamates (subject to hydrolysis) is 1. The van der Waals surface area contributed by atoms with E-state index >= 15 is 0 Å². The standard InChI is InChI=1S/C32H50N4O9S2Si/c1-20(2)27(30(41)44-23(13-11-12-15-46-22(4)37)17-26(38)43-14-16-48(8,9)10)36-28(39)21(3)34-29(40)24-19-47-25(35-24)18-33-31(42)45-32(5,6)7/h11,13,19-20,23,27H,3,12,14-18H2,1-2,4-10H3,(H,33,42)(H,34,40)(H,36,39)/b13-11+/t23-,27+/m1/s1. The van der Waals surface area contributed by atoms with Gasteiger partial charge in [-0.25, -0.2) is 14.6 Å². The van der Waals surface area contributed by atoms with Gasteiger partial charge in [-0.1, -0.05) is 57.9 Å². The number of nitrogens with zero attached hydrogens (tertiary/aromatic N) is 1. The summed E-state index contributed by atoms with van der Waals surface area (Å²) in [6.07, 6.45) is 1.98. The molecule has 0 unspecified atom stereocenters. The molecule has 3 N–H and O–H groups in total. The normalized spacial score (nSPS) is 13.0. The number of thiazole rings is 1. The Balaban J connectivity index is 2.85. The fourth-order valence-corrected chi connectivity index (χ4v) is 5.50. The molecule has 0 fully saturated rings. The molecule has 0 aliphatic carbocycles. The molecule has 1 aromatic heterocycles. The number of esters is 2. The van der Waals surface area contributed by atoms with Gasteiger partial charge in [-0.2, -0.15) is 0 Å². The highest BCUT2D eigenvalue weighted by molar-refractivity contribution is 8.13. The molecule has 0 spiro atoms. The number of ether oxygens (including phenoxy) is 3. The molecule has 0 saturated heterocycles. The van der Waals surface area contributed by atoms with E-state index in [0.717, 1.165) is 29.1 Å². The molecule has 1 heterocycles. The largest absolute Gasteiger partial charge is 0.466 e. The molecule has 0 aromatic carbocycles. The van der Waals surface area contributed by atoms with Crippen molar-refractivity contribution in [3.8, 4) is 0 Å². The van der Waals surface area contributed by atoms with Crippen LogP contribution in [0, 0.1) is 5.92 Å². The Labute approximate surface area is 292 Å². The van der Waals surface area contributed by atoms with Crippen LogP contribution in [0.4, 0.5) is 4.79 Å². The minimum atomic E-state index is -1.43. The van der Waals surface area contributed by atoms with E-state index in [1.54, 1.807) is 46.8 Å². The summed E-state index contributed by atoms with van der Waals surface area (Å²) in [4.78, 5) is 78.8. The first-order chi connectivity index (χ1) is 22.2. The van der Waals surface area contributed by atoms with Crippen molar-refractivity contribution < 1.29 is 43.0 Å². The molecule has 0 aliphatic rings. The first-order valence-electron chi connectivity index (χ1n) is 15.6. The van der Waals surface area contributed by atoms with Crippen molar-refractivity contribution in [2.24, 2.45) is 5.92 Å². The van der Waals surface area contributed by atoms with Crippen molar-refractivity contribution in [3.05, 3.63) is 40.5 Å². The third-order valence-corrected chi connectivity index (χ3v) is 9.40. The maximum atomic E-state index is 13.3. The summed E-state index contributed by atoms with van der Waals surface area (Å²) in [5.74, 6) is -2.75. The molecule has 48 heavy (non-hydrogen) atoms. The Hall–Kier alpha value is -3.50. The maximum Gasteiger partial charge on any atom is 0.408 e. The number of thioether (sulfide) groups is 1. The molecule has 13 nitrogen and oxygen atoms in total. The van der Waals surface area contributed by atoms with Crippen molar-refractivity contribution in [2.75, 3.05) is 12.4 Å². The Morgan fingerprint density at radius 1 is 1.12 bits per heavy atom. The lowest BCUT2D eigenvalue weighted by Crippen LogP contribution is -2.48. The van der Waals surface area contributed by atoms with Crippen molar-refractivity contribution in [3.63, 3.8) is 0 Å². The van der Waals surface area contributed by atoms with Crippen molar-refractivity contribution >= 4 is 66.1 Å². The second-order valence-corrected chi connectivity index (χ2v) is 21.2. The van der Waals surface area contributed by atoms with Gasteiger partial charge in [0.2, 0.25) is 0 Å². The van der Waals surface area contributed by atoms with E-state index in [-0.39, 0.29) is 36.1 Å². The van der Waals surface area contributed by atoms with Gasteiger partial charge in [-0.05, 0) is 45.2 Å². The fourth-order valence-electron chi connectivity index (χ4n) is 3.53. The number of hydrogen-bond donors (Lipinski definition) is 3. The number of amides is 3. The number of allylic oxidation sites excluding steroid dienone is 1. The Morgan fingerprint density at radius 3 is 2.38 bits per heavy atom. The van der Waals surface area contributed by atoms with E-state index < -0.39 is 61.6 Å². The monoisotopic (exact) mass is 726 g/mol. The smallest absolute Gasteiger partial charge is 0.408 e. The van der Waals surface area contributed by atoms with E-state index in [4.69, 9.17) is 14.2 Å². The van der Waals surface area contributed by atoms with E-state index in [9.17, 15) is 28.8 Å². The van der Waals surface area contributed by atoms with Crippen LogP contribution >= 0.6 is 23.1 Å². The summed E-state index contributed by atoms with van der Waals surface area (Å²) >= 11 is 2.29. The van der Waals surface area contributed by atoms with E-state index in [1.165, 1.54) is 12.3 Å². The zero-order chi connectivity index (χ0) is 36.7. The van der Waals surface area contributed by atoms with Crippen LogP contribution < -0.4 is 16.0 Å². The molecular weight excluding hydrogens is 677 g/mol. The summed E-state index contributed by atoms with van der Waals surface area (Å²) < 4.78 is 16.2. The van der Waals surface area contributed by atoms with Gasteiger partial charge in [0.25, 0.3) is 11.8 Å². The minimum absolute atomic E-state index is 0.00261. The van der Waals surface area contributed by atoms with Crippen LogP contribution in [0.1, 0.15) is 69.9 Å². The van der Waals surface area contributed by atoms with Gasteiger partial charge in [0.15, 0.2) is 5.12 Å². The van der Waals surface area contributed by atoms with Crippen LogP contribution in [0.25, 0.3) is 0 Å². The second kappa shape index (κ2) is 20.1. The molecular formula is C32H50N4O9S2Si. The van der Waals surface area contributed by atoms with Gasteiger partial charge >= 0.3 is 18.0 Å². The highest BCUT2D eigenvalue weighted by Gasteiger charge is 2.30. The number of aromatic nitrogens is 1. The summed E-state index contributed by atoms with van der Waals surface area (Å²) in [5.41, 5.74) is -0.992. The molecule has 3 amide bonds. The van der Waals surface area contributed by atoms with Gasteiger partial charge in [0, 0.05) is 26.1 Å². The first kappa shape index (κ1) is 42.5. The van der Waals surface area contributed by atoms with Crippen LogP contribution in [0.2, 0.25) is 25.7 Å². The predicted octanol–water partition coefficient (Wildman–Crippen LogP) is 4.96. The Kier molecular flexibility index (Phi) is 17.8. The lowest BCUT2D eigenvalue weighted by atomic mass is 10.0. The zero-order valence-electron chi connectivity index (χ0n) is 29.4. The van der Waals surface area contributed by atoms with Gasteiger partial charge in [-0.15, -0.1) is 11.3 Å². The summed E-state index contributed by atoms with van der Waals surface area (Å²) in [5, 5.41) is 9.35. The van der Waals surface area contributed by atoms with E-state index in [1.807, 2.05) is 0 Å². The van der Waals surface area contributed by atoms with Crippen LogP contribution in [0.5, 0.6) is 0 Å². The fraction of sp³-hybridized carbons (Fsp3) is 0.594. The molecule has 0 saturated carbocycles. The van der Waals surface area contributed by atoms with Crippen LogP contribution in [-0.2, 0) is 39.9 Å². The summed E-state index contributed by atoms with van der Waals surface area (Å²) in [6, 6.07) is -0.346. The molecule has 0 aliphatic heterocycles. The average Bonchev–Trinajstić information content (AvgIpc) is 3.41. The minimum Gasteiger partial charge on any atom is -0.466 e. The number of nitrogens with one attached hydrogen (secondary N) is 3. The molecule has 2 atom stereocenters. The highest BCUT2D eigenvalue weighted by Crippen LogP contribution is 2.14. The third-order valence-electron chi connectivity index (χ3n) is 6.00. The molecule has 0 radical (unpaired) electrons. The SMILES string of the molecule is C=C(NC(=O)c1csc(CNC(=O)OC(C)(C)C)n1)C(=O)N[C@H](C(=O)O[C@H](/C=C/CCSC(C)=O)CC(=O)OCC[Si](C)(C)C)C(C)C. The first-order valence-corrected chi connectivity index (χ1v) is 21.1. The van der Waals surface area contributed by atoms with E-state index in [2.05, 4.69) is 47.2 Å². The van der Waals surface area contributed by atoms with Crippen molar-refractivity contribution in [2.45, 2.75) is 104 Å². The van der Waals surface area contributed by atoms with Gasteiger partial charge in [-0.3, -0.25) is 19.2 Å². The third kappa shape index (κ3) is 18.7. The van der Waals surface area contributed by atoms with Crippen LogP contribution in [0.3, 0.4) is 0 Å². The predicted molar refractivity (Wildman–Crippen MR) is 189 cm³/mol. The van der Waals surface area contributed by atoms with Gasteiger partial charge < -0.3 is 30.2 Å². The van der Waals surface area contributed by atoms with Gasteiger partial charge in [0.1, 0.15) is 28.4 Å². The highest BCUT2D eigenvalue weighted by atomic mass is 32.2. The summed E-state index contributed by atoms with van der Waals surface area (Å²) in [6.45, 7) is 20.5. The van der Waals surface area contributed by atoms with Crippen LogP contribution in [-0.4, -0.2) is 78.1 Å². The Morgan fingerprint density at radius 2 is 1.79 bits per heavy atom. The van der Waals surface area contributed by atoms with E-state index in [0.29, 0.717) is 17.2 Å². The van der Waals surface area contributed by atoms with Crippen LogP contribution in [0.15, 0.2) is 29.8 Å². The second-order valence-electron chi connectivity index (χ2n) is 13.4.